The van der Waals surface area contributed by atoms with Crippen molar-refractivity contribution in [2.45, 2.75) is 26.7 Å². The number of amides is 1. The van der Waals surface area contributed by atoms with Gasteiger partial charge in [-0.2, -0.15) is 0 Å². The molecule has 90 valence electrons. The smallest absolute Gasteiger partial charge is 0.230 e. The number of rotatable bonds is 1. The summed E-state index contributed by atoms with van der Waals surface area (Å²) in [6, 6.07) is 5.91. The zero-order valence-electron chi connectivity index (χ0n) is 10.4. The number of nitrogen functional groups attached to an aromatic ring is 1. The molecule has 1 aliphatic carbocycles. The predicted octanol–water partition coefficient (Wildman–Crippen LogP) is 2.20. The highest BCUT2D eigenvalue weighted by Crippen LogP contribution is 2.53. The molecule has 1 fully saturated rings. The monoisotopic (exact) mass is 230 g/mol. The summed E-state index contributed by atoms with van der Waals surface area (Å²) >= 11 is 0. The van der Waals surface area contributed by atoms with Crippen LogP contribution >= 0.6 is 0 Å². The molecule has 1 aromatic rings. The summed E-state index contributed by atoms with van der Waals surface area (Å²) in [5.74, 6) is 0.444. The zero-order valence-corrected chi connectivity index (χ0v) is 10.4. The van der Waals surface area contributed by atoms with Crippen LogP contribution < -0.4 is 10.6 Å². The van der Waals surface area contributed by atoms with Crippen LogP contribution in [-0.4, -0.2) is 12.5 Å². The Balaban J connectivity index is 1.92. The van der Waals surface area contributed by atoms with Crippen molar-refractivity contribution >= 4 is 17.3 Å². The lowest BCUT2D eigenvalue weighted by molar-refractivity contribution is -0.120. The first-order valence-electron chi connectivity index (χ1n) is 6.19. The molecule has 1 unspecified atom stereocenters. The van der Waals surface area contributed by atoms with E-state index in [1.165, 1.54) is 5.56 Å². The number of hydrogen-bond acceptors (Lipinski definition) is 2. The molecule has 2 N–H and O–H groups in total. The second-order valence-corrected chi connectivity index (χ2v) is 5.84. The molecule has 0 saturated heterocycles. The Morgan fingerprint density at radius 1 is 1.47 bits per heavy atom. The molecule has 1 heterocycles. The molecule has 1 saturated carbocycles. The molecule has 0 spiro atoms. The first-order valence-corrected chi connectivity index (χ1v) is 6.19. The van der Waals surface area contributed by atoms with Gasteiger partial charge in [-0.05, 0) is 29.9 Å². The number of hydrogen-bond donors (Lipinski definition) is 1. The molecule has 1 aromatic carbocycles. The van der Waals surface area contributed by atoms with Crippen LogP contribution in [0.3, 0.4) is 0 Å². The number of nitrogens with zero attached hydrogens (tertiary/aromatic N) is 1. The van der Waals surface area contributed by atoms with Crippen LogP contribution in [0.25, 0.3) is 0 Å². The van der Waals surface area contributed by atoms with Crippen molar-refractivity contribution in [2.75, 3.05) is 17.2 Å². The number of nitrogens with two attached hydrogens (primary N) is 1. The summed E-state index contributed by atoms with van der Waals surface area (Å²) < 4.78 is 0. The first kappa shape index (κ1) is 10.6. The first-order chi connectivity index (χ1) is 8.00. The van der Waals surface area contributed by atoms with E-state index >= 15 is 0 Å². The molecule has 0 aromatic heterocycles. The number of carbonyl (C=O) groups is 1. The quantitative estimate of drug-likeness (QED) is 0.752. The van der Waals surface area contributed by atoms with Gasteiger partial charge in [-0.25, -0.2) is 0 Å². The van der Waals surface area contributed by atoms with Gasteiger partial charge in [0.05, 0.1) is 11.4 Å². The van der Waals surface area contributed by atoms with E-state index in [-0.39, 0.29) is 17.2 Å². The van der Waals surface area contributed by atoms with E-state index in [2.05, 4.69) is 19.9 Å². The maximum absolute atomic E-state index is 12.4. The Morgan fingerprint density at radius 3 is 2.82 bits per heavy atom. The van der Waals surface area contributed by atoms with E-state index in [1.807, 2.05) is 17.0 Å². The lowest BCUT2D eigenvalue weighted by Crippen LogP contribution is -2.32. The van der Waals surface area contributed by atoms with Gasteiger partial charge in [0.2, 0.25) is 5.91 Å². The van der Waals surface area contributed by atoms with Crippen molar-refractivity contribution in [3.05, 3.63) is 23.8 Å². The Labute approximate surface area is 102 Å². The molecule has 3 heteroatoms. The third-order valence-electron chi connectivity index (χ3n) is 4.10. The average molecular weight is 230 g/mol. The molecule has 2 aliphatic rings. The minimum absolute atomic E-state index is 0.184. The molecule has 0 bridgehead atoms. The minimum atomic E-state index is 0.184. The highest BCUT2D eigenvalue weighted by Gasteiger charge is 2.52. The minimum Gasteiger partial charge on any atom is -0.397 e. The van der Waals surface area contributed by atoms with Gasteiger partial charge < -0.3 is 10.6 Å². The molecule has 1 aliphatic heterocycles. The molecule has 1 atom stereocenters. The van der Waals surface area contributed by atoms with Gasteiger partial charge in [0.15, 0.2) is 0 Å². The van der Waals surface area contributed by atoms with Crippen molar-refractivity contribution < 1.29 is 4.79 Å². The predicted molar refractivity (Wildman–Crippen MR) is 68.8 cm³/mol. The van der Waals surface area contributed by atoms with Crippen LogP contribution in [0.1, 0.15) is 25.8 Å². The second-order valence-electron chi connectivity index (χ2n) is 5.84. The molecule has 1 amide bonds. The Bertz CT molecular complexity index is 493. The topological polar surface area (TPSA) is 46.3 Å². The highest BCUT2D eigenvalue weighted by atomic mass is 16.2. The second kappa shape index (κ2) is 3.25. The lowest BCUT2D eigenvalue weighted by Gasteiger charge is -2.19. The van der Waals surface area contributed by atoms with E-state index in [0.29, 0.717) is 0 Å². The largest absolute Gasteiger partial charge is 0.397 e. The third kappa shape index (κ3) is 1.53. The number of benzene rings is 1. The Hall–Kier alpha value is -1.51. The fourth-order valence-electron chi connectivity index (χ4n) is 2.78. The summed E-state index contributed by atoms with van der Waals surface area (Å²) in [6.07, 6.45) is 1.93. The van der Waals surface area contributed by atoms with Crippen LogP contribution in [0.15, 0.2) is 18.2 Å². The van der Waals surface area contributed by atoms with Crippen LogP contribution in [0.2, 0.25) is 0 Å². The van der Waals surface area contributed by atoms with Crippen LogP contribution in [0.4, 0.5) is 11.4 Å². The number of fused-ring (bicyclic) bond motifs is 1. The van der Waals surface area contributed by atoms with E-state index in [4.69, 9.17) is 5.73 Å². The van der Waals surface area contributed by atoms with Crippen LogP contribution in [-0.2, 0) is 11.2 Å². The van der Waals surface area contributed by atoms with Gasteiger partial charge in [-0.3, -0.25) is 4.79 Å². The standard InChI is InChI=1S/C14H18N2O/c1-14(2)8-10(14)13(17)16-7-6-9-4-3-5-11(15)12(9)16/h3-5,10H,6-8,15H2,1-2H3. The average Bonchev–Trinajstić information content (AvgIpc) is 2.75. The van der Waals surface area contributed by atoms with Crippen molar-refractivity contribution in [1.82, 2.24) is 0 Å². The lowest BCUT2D eigenvalue weighted by atomic mass is 10.1. The van der Waals surface area contributed by atoms with Gasteiger partial charge in [-0.1, -0.05) is 26.0 Å². The number of para-hydroxylation sites is 1. The highest BCUT2D eigenvalue weighted by molar-refractivity contribution is 6.01. The summed E-state index contributed by atoms with van der Waals surface area (Å²) in [5.41, 5.74) is 9.07. The van der Waals surface area contributed by atoms with Crippen LogP contribution in [0, 0.1) is 11.3 Å². The molecule has 3 rings (SSSR count). The summed E-state index contributed by atoms with van der Waals surface area (Å²) in [4.78, 5) is 14.3. The fourth-order valence-corrected chi connectivity index (χ4v) is 2.78. The summed E-state index contributed by atoms with van der Waals surface area (Å²) in [5, 5.41) is 0. The van der Waals surface area contributed by atoms with Crippen molar-refractivity contribution in [3.8, 4) is 0 Å². The Morgan fingerprint density at radius 2 is 2.18 bits per heavy atom. The maximum atomic E-state index is 12.4. The molecular formula is C14H18N2O. The molecule has 17 heavy (non-hydrogen) atoms. The zero-order chi connectivity index (χ0) is 12.2. The maximum Gasteiger partial charge on any atom is 0.230 e. The van der Waals surface area contributed by atoms with E-state index in [9.17, 15) is 4.79 Å². The van der Waals surface area contributed by atoms with Gasteiger partial charge in [0.25, 0.3) is 0 Å². The van der Waals surface area contributed by atoms with Crippen molar-refractivity contribution in [2.24, 2.45) is 11.3 Å². The van der Waals surface area contributed by atoms with Gasteiger partial charge in [0.1, 0.15) is 0 Å². The summed E-state index contributed by atoms with van der Waals surface area (Å²) in [7, 11) is 0. The van der Waals surface area contributed by atoms with E-state index < -0.39 is 0 Å². The van der Waals surface area contributed by atoms with Crippen LogP contribution in [0.5, 0.6) is 0 Å². The van der Waals surface area contributed by atoms with Gasteiger partial charge >= 0.3 is 0 Å². The van der Waals surface area contributed by atoms with E-state index in [0.717, 1.165) is 30.8 Å². The molecule has 0 radical (unpaired) electrons. The van der Waals surface area contributed by atoms with Gasteiger partial charge in [-0.15, -0.1) is 0 Å². The van der Waals surface area contributed by atoms with E-state index in [1.54, 1.807) is 0 Å². The molecular weight excluding hydrogens is 212 g/mol. The normalized spacial score (nSPS) is 24.6. The fraction of sp³-hybridized carbons (Fsp3) is 0.500. The summed E-state index contributed by atoms with van der Waals surface area (Å²) in [6.45, 7) is 5.09. The number of carbonyl (C=O) groups excluding carboxylic acids is 1. The van der Waals surface area contributed by atoms with Gasteiger partial charge in [0, 0.05) is 12.5 Å². The van der Waals surface area contributed by atoms with Crippen molar-refractivity contribution in [3.63, 3.8) is 0 Å². The number of anilines is 2. The molecule has 3 nitrogen and oxygen atoms in total. The SMILES string of the molecule is CC1(C)CC1C(=O)N1CCc2cccc(N)c21. The Kier molecular flexibility index (Phi) is 2.03. The van der Waals surface area contributed by atoms with Crippen molar-refractivity contribution in [1.29, 1.82) is 0 Å². The third-order valence-corrected chi connectivity index (χ3v) is 4.10.